The molecule has 0 aliphatic rings. The van der Waals surface area contributed by atoms with Crippen LogP contribution in [-0.4, -0.2) is 11.2 Å². The van der Waals surface area contributed by atoms with Gasteiger partial charge < -0.3 is 10.8 Å². The quantitative estimate of drug-likeness (QED) is 0.649. The maximum atomic E-state index is 8.78. The van der Waals surface area contributed by atoms with E-state index in [-0.39, 0.29) is 19.5 Å². The molecule has 19 heavy (non-hydrogen) atoms. The van der Waals surface area contributed by atoms with Crippen molar-refractivity contribution in [2.24, 2.45) is 5.73 Å². The van der Waals surface area contributed by atoms with Gasteiger partial charge in [0.2, 0.25) is 0 Å². The van der Waals surface area contributed by atoms with Crippen LogP contribution >= 0.6 is 21.6 Å². The van der Waals surface area contributed by atoms with Gasteiger partial charge in [-0.3, -0.25) is 0 Å². The molecule has 0 spiro atoms. The van der Waals surface area contributed by atoms with Crippen LogP contribution in [0.15, 0.2) is 70.5 Å². The zero-order valence-electron chi connectivity index (χ0n) is 10.2. The van der Waals surface area contributed by atoms with Gasteiger partial charge in [-0.2, -0.15) is 0 Å². The van der Waals surface area contributed by atoms with Gasteiger partial charge in [0, 0.05) is 29.3 Å². The SMILES string of the molecule is NC(=O)O.[Zn].c1ccc(SSc2ccccc2)cc1. The average molecular weight is 345 g/mol. The van der Waals surface area contributed by atoms with Gasteiger partial charge in [-0.05, 0) is 24.3 Å². The minimum Gasteiger partial charge on any atom is -0.465 e. The number of hydrogen-bond donors (Lipinski definition) is 2. The van der Waals surface area contributed by atoms with E-state index in [1.807, 2.05) is 12.1 Å². The van der Waals surface area contributed by atoms with E-state index in [2.05, 4.69) is 54.3 Å². The Kier molecular flexibility index (Phi) is 10.4. The zero-order valence-corrected chi connectivity index (χ0v) is 14.8. The molecule has 0 unspecified atom stereocenters. The van der Waals surface area contributed by atoms with E-state index in [1.165, 1.54) is 9.79 Å². The van der Waals surface area contributed by atoms with Gasteiger partial charge in [0.25, 0.3) is 0 Å². The molecular weight excluding hydrogens is 332 g/mol. The van der Waals surface area contributed by atoms with Crippen LogP contribution in [0.4, 0.5) is 4.79 Å². The number of rotatable bonds is 3. The Hall–Kier alpha value is -0.967. The van der Waals surface area contributed by atoms with Crippen LogP contribution in [-0.2, 0) is 19.5 Å². The zero-order chi connectivity index (χ0) is 13.2. The minimum absolute atomic E-state index is 0. The Morgan fingerprint density at radius 3 is 1.37 bits per heavy atom. The molecule has 0 atom stereocenters. The van der Waals surface area contributed by atoms with Crippen LogP contribution in [0.5, 0.6) is 0 Å². The van der Waals surface area contributed by atoms with Gasteiger partial charge in [0.15, 0.2) is 0 Å². The summed E-state index contributed by atoms with van der Waals surface area (Å²) in [6.07, 6.45) is -1.33. The molecule has 96 valence electrons. The van der Waals surface area contributed by atoms with Gasteiger partial charge in [0.05, 0.1) is 0 Å². The van der Waals surface area contributed by atoms with Crippen molar-refractivity contribution in [1.29, 1.82) is 0 Å². The Morgan fingerprint density at radius 1 is 0.842 bits per heavy atom. The van der Waals surface area contributed by atoms with Crippen molar-refractivity contribution in [3.8, 4) is 0 Å². The van der Waals surface area contributed by atoms with Crippen molar-refractivity contribution >= 4 is 27.7 Å². The summed E-state index contributed by atoms with van der Waals surface area (Å²) in [5.41, 5.74) is 4.03. The van der Waals surface area contributed by atoms with E-state index in [4.69, 9.17) is 9.90 Å². The van der Waals surface area contributed by atoms with Crippen LogP contribution in [0.3, 0.4) is 0 Å². The molecule has 2 aromatic carbocycles. The Labute approximate surface area is 133 Å². The molecule has 0 radical (unpaired) electrons. The molecule has 0 aromatic heterocycles. The maximum Gasteiger partial charge on any atom is 0.402 e. The molecule has 2 aromatic rings. The summed E-state index contributed by atoms with van der Waals surface area (Å²) in [5, 5.41) is 7.19. The van der Waals surface area contributed by atoms with Crippen molar-refractivity contribution < 1.29 is 29.4 Å². The fourth-order valence-corrected chi connectivity index (χ4v) is 3.02. The summed E-state index contributed by atoms with van der Waals surface area (Å²) < 4.78 is 0. The summed E-state index contributed by atoms with van der Waals surface area (Å²) in [6.45, 7) is 0. The summed E-state index contributed by atoms with van der Waals surface area (Å²) in [7, 11) is 3.58. The third-order valence-electron chi connectivity index (χ3n) is 1.72. The number of primary amides is 1. The fraction of sp³-hybridized carbons (Fsp3) is 0. The average Bonchev–Trinajstić information content (AvgIpc) is 2.38. The summed E-state index contributed by atoms with van der Waals surface area (Å²) in [4.78, 5) is 11.4. The molecule has 0 saturated heterocycles. The molecule has 0 bridgehead atoms. The topological polar surface area (TPSA) is 63.3 Å². The third-order valence-corrected chi connectivity index (χ3v) is 4.14. The molecule has 6 heteroatoms. The van der Waals surface area contributed by atoms with Gasteiger partial charge in [0.1, 0.15) is 0 Å². The molecule has 3 N–H and O–H groups in total. The van der Waals surface area contributed by atoms with Crippen LogP contribution in [0, 0.1) is 0 Å². The molecular formula is C13H13NO2S2Zn. The van der Waals surface area contributed by atoms with E-state index >= 15 is 0 Å². The monoisotopic (exact) mass is 343 g/mol. The van der Waals surface area contributed by atoms with Gasteiger partial charge in [-0.1, -0.05) is 58.0 Å². The van der Waals surface area contributed by atoms with Crippen LogP contribution in [0.1, 0.15) is 0 Å². The Balaban J connectivity index is 0.000000576. The predicted molar refractivity (Wildman–Crippen MR) is 76.8 cm³/mol. The van der Waals surface area contributed by atoms with Crippen LogP contribution < -0.4 is 5.73 Å². The normalized spacial score (nSPS) is 8.63. The first-order chi connectivity index (χ1) is 8.68. The number of carbonyl (C=O) groups is 1. The summed E-state index contributed by atoms with van der Waals surface area (Å²) in [6, 6.07) is 20.8. The van der Waals surface area contributed by atoms with E-state index in [1.54, 1.807) is 21.6 Å². The molecule has 0 heterocycles. The first kappa shape index (κ1) is 18.0. The van der Waals surface area contributed by atoms with E-state index in [0.717, 1.165) is 0 Å². The molecule has 0 saturated carbocycles. The number of amides is 1. The Bertz CT molecular complexity index is 425. The molecule has 0 aliphatic carbocycles. The standard InChI is InChI=1S/C12H10S2.CH3NO2.Zn/c1-3-7-11(8-4-1)13-14-12-9-5-2-6-10-12;2-1(3)4;/h1-10H;2H2,(H,3,4);. The van der Waals surface area contributed by atoms with Crippen LogP contribution in [0.25, 0.3) is 0 Å². The minimum atomic E-state index is -1.33. The van der Waals surface area contributed by atoms with Crippen molar-refractivity contribution in [3.63, 3.8) is 0 Å². The van der Waals surface area contributed by atoms with Crippen molar-refractivity contribution in [2.75, 3.05) is 0 Å². The molecule has 3 nitrogen and oxygen atoms in total. The van der Waals surface area contributed by atoms with Gasteiger partial charge >= 0.3 is 6.09 Å². The maximum absolute atomic E-state index is 8.78. The largest absolute Gasteiger partial charge is 0.465 e. The molecule has 2 rings (SSSR count). The smallest absolute Gasteiger partial charge is 0.402 e. The van der Waals surface area contributed by atoms with E-state index < -0.39 is 6.09 Å². The second-order valence-corrected chi connectivity index (χ2v) is 5.41. The van der Waals surface area contributed by atoms with Crippen LogP contribution in [0.2, 0.25) is 0 Å². The fourth-order valence-electron chi connectivity index (χ4n) is 1.05. The Morgan fingerprint density at radius 2 is 1.11 bits per heavy atom. The molecule has 0 fully saturated rings. The second kappa shape index (κ2) is 10.9. The first-order valence-corrected chi connectivity index (χ1v) is 7.26. The summed E-state index contributed by atoms with van der Waals surface area (Å²) in [5.74, 6) is 0. The van der Waals surface area contributed by atoms with Gasteiger partial charge in [-0.15, -0.1) is 0 Å². The number of benzene rings is 2. The number of nitrogens with two attached hydrogens (primary N) is 1. The van der Waals surface area contributed by atoms with Gasteiger partial charge in [-0.25, -0.2) is 4.79 Å². The van der Waals surface area contributed by atoms with E-state index in [9.17, 15) is 0 Å². The third kappa shape index (κ3) is 9.59. The first-order valence-electron chi connectivity index (χ1n) is 5.11. The van der Waals surface area contributed by atoms with Crippen molar-refractivity contribution in [2.45, 2.75) is 9.79 Å². The predicted octanol–water partition coefficient (Wildman–Crippen LogP) is 4.11. The number of carboxylic acid groups (broad SMARTS) is 1. The van der Waals surface area contributed by atoms with E-state index in [0.29, 0.717) is 0 Å². The molecule has 1 amide bonds. The molecule has 0 aliphatic heterocycles. The second-order valence-electron chi connectivity index (χ2n) is 3.13. The summed E-state index contributed by atoms with van der Waals surface area (Å²) >= 11 is 0. The van der Waals surface area contributed by atoms with Crippen molar-refractivity contribution in [1.82, 2.24) is 0 Å². The number of hydrogen-bond acceptors (Lipinski definition) is 3. The van der Waals surface area contributed by atoms with Crippen molar-refractivity contribution in [3.05, 3.63) is 60.7 Å².